The van der Waals surface area contributed by atoms with Crippen LogP contribution in [0.3, 0.4) is 0 Å². The van der Waals surface area contributed by atoms with E-state index in [2.05, 4.69) is 5.32 Å². The number of nitro benzene ring substituents is 1. The molecule has 0 aliphatic rings. The summed E-state index contributed by atoms with van der Waals surface area (Å²) in [6.45, 7) is 6.41. The first-order chi connectivity index (χ1) is 7.85. The van der Waals surface area contributed by atoms with Crippen molar-refractivity contribution >= 4 is 11.4 Å². The molecule has 1 rings (SSSR count). The van der Waals surface area contributed by atoms with Gasteiger partial charge in [0.2, 0.25) is 0 Å². The maximum absolute atomic E-state index is 10.6. The van der Waals surface area contributed by atoms with Gasteiger partial charge in [0.1, 0.15) is 0 Å². The molecule has 0 radical (unpaired) electrons. The minimum Gasteiger partial charge on any atom is -0.396 e. The van der Waals surface area contributed by atoms with Crippen LogP contribution in [0.2, 0.25) is 0 Å². The predicted molar refractivity (Wildman–Crippen MR) is 67.2 cm³/mol. The first kappa shape index (κ1) is 13.4. The summed E-state index contributed by atoms with van der Waals surface area (Å²) in [7, 11) is 0. The molecule has 5 nitrogen and oxygen atoms in total. The Hall–Kier alpha value is -1.62. The zero-order valence-corrected chi connectivity index (χ0v) is 10.4. The SMILES string of the molecule is Cc1cc([N+](=O)[O-])ccc1NCC(C)(C)CO. The van der Waals surface area contributed by atoms with Crippen LogP contribution >= 0.6 is 0 Å². The van der Waals surface area contributed by atoms with Crippen molar-refractivity contribution in [3.63, 3.8) is 0 Å². The van der Waals surface area contributed by atoms with Crippen LogP contribution in [0.5, 0.6) is 0 Å². The lowest BCUT2D eigenvalue weighted by Gasteiger charge is -2.23. The van der Waals surface area contributed by atoms with Crippen LogP contribution < -0.4 is 5.32 Å². The monoisotopic (exact) mass is 238 g/mol. The molecule has 1 aromatic rings. The van der Waals surface area contributed by atoms with Crippen molar-refractivity contribution in [2.45, 2.75) is 20.8 Å². The van der Waals surface area contributed by atoms with E-state index in [1.807, 2.05) is 20.8 Å². The Labute approximate surface area is 101 Å². The molecule has 94 valence electrons. The summed E-state index contributed by atoms with van der Waals surface area (Å²) in [5.41, 5.74) is 1.56. The van der Waals surface area contributed by atoms with Gasteiger partial charge in [-0.05, 0) is 18.6 Å². The van der Waals surface area contributed by atoms with Gasteiger partial charge in [0.15, 0.2) is 0 Å². The maximum atomic E-state index is 10.6. The molecule has 0 fully saturated rings. The molecule has 2 N–H and O–H groups in total. The van der Waals surface area contributed by atoms with Crippen molar-refractivity contribution < 1.29 is 10.0 Å². The molecule has 0 aliphatic heterocycles. The number of hydrogen-bond donors (Lipinski definition) is 2. The Morgan fingerprint density at radius 2 is 2.12 bits per heavy atom. The van der Waals surface area contributed by atoms with E-state index in [0.29, 0.717) is 6.54 Å². The van der Waals surface area contributed by atoms with E-state index < -0.39 is 4.92 Å². The van der Waals surface area contributed by atoms with Gasteiger partial charge in [0, 0.05) is 36.4 Å². The van der Waals surface area contributed by atoms with Crippen LogP contribution in [0, 0.1) is 22.5 Å². The van der Waals surface area contributed by atoms with Crippen molar-refractivity contribution in [3.8, 4) is 0 Å². The Kier molecular flexibility index (Phi) is 4.07. The van der Waals surface area contributed by atoms with Crippen molar-refractivity contribution in [1.29, 1.82) is 0 Å². The van der Waals surface area contributed by atoms with Crippen LogP contribution in [-0.4, -0.2) is 23.2 Å². The third-order valence-corrected chi connectivity index (χ3v) is 2.61. The highest BCUT2D eigenvalue weighted by Crippen LogP contribution is 2.23. The fraction of sp³-hybridized carbons (Fsp3) is 0.500. The second-order valence-corrected chi connectivity index (χ2v) is 4.93. The molecule has 0 spiro atoms. The first-order valence-electron chi connectivity index (χ1n) is 5.45. The lowest BCUT2D eigenvalue weighted by molar-refractivity contribution is -0.384. The third-order valence-electron chi connectivity index (χ3n) is 2.61. The van der Waals surface area contributed by atoms with Crippen LogP contribution in [0.15, 0.2) is 18.2 Å². The summed E-state index contributed by atoms with van der Waals surface area (Å²) in [4.78, 5) is 10.2. The normalized spacial score (nSPS) is 11.3. The number of aliphatic hydroxyl groups excluding tert-OH is 1. The average Bonchev–Trinajstić information content (AvgIpc) is 2.27. The first-order valence-corrected chi connectivity index (χ1v) is 5.45. The number of aryl methyl sites for hydroxylation is 1. The summed E-state index contributed by atoms with van der Waals surface area (Å²) in [5, 5.41) is 22.9. The number of nitrogens with zero attached hydrogens (tertiary/aromatic N) is 1. The summed E-state index contributed by atoms with van der Waals surface area (Å²) in [6, 6.07) is 4.70. The predicted octanol–water partition coefficient (Wildman–Crippen LogP) is 2.33. The van der Waals surface area contributed by atoms with Gasteiger partial charge in [-0.2, -0.15) is 0 Å². The minimum absolute atomic E-state index is 0.0893. The van der Waals surface area contributed by atoms with Crippen molar-refractivity contribution in [2.24, 2.45) is 5.41 Å². The van der Waals surface area contributed by atoms with Gasteiger partial charge in [0.05, 0.1) is 4.92 Å². The molecule has 0 saturated carbocycles. The molecule has 5 heteroatoms. The van der Waals surface area contributed by atoms with E-state index in [1.165, 1.54) is 12.1 Å². The van der Waals surface area contributed by atoms with Crippen LogP contribution in [0.25, 0.3) is 0 Å². The fourth-order valence-electron chi connectivity index (χ4n) is 1.35. The van der Waals surface area contributed by atoms with E-state index in [4.69, 9.17) is 5.11 Å². The van der Waals surface area contributed by atoms with Crippen LogP contribution in [0.1, 0.15) is 19.4 Å². The van der Waals surface area contributed by atoms with E-state index in [1.54, 1.807) is 6.07 Å². The van der Waals surface area contributed by atoms with Crippen LogP contribution in [0.4, 0.5) is 11.4 Å². The number of non-ortho nitro benzene ring substituents is 1. The number of nitrogens with one attached hydrogen (secondary N) is 1. The van der Waals surface area contributed by atoms with Gasteiger partial charge in [-0.25, -0.2) is 0 Å². The molecule has 0 unspecified atom stereocenters. The van der Waals surface area contributed by atoms with Crippen LogP contribution in [-0.2, 0) is 0 Å². The Morgan fingerprint density at radius 1 is 1.47 bits per heavy atom. The summed E-state index contributed by atoms with van der Waals surface area (Å²) < 4.78 is 0. The van der Waals surface area contributed by atoms with Gasteiger partial charge >= 0.3 is 0 Å². The fourth-order valence-corrected chi connectivity index (χ4v) is 1.35. The van der Waals surface area contributed by atoms with Crippen molar-refractivity contribution in [1.82, 2.24) is 0 Å². The average molecular weight is 238 g/mol. The molecule has 0 heterocycles. The topological polar surface area (TPSA) is 75.4 Å². The Balaban J connectivity index is 2.77. The third kappa shape index (κ3) is 3.71. The van der Waals surface area contributed by atoms with E-state index in [0.717, 1.165) is 11.3 Å². The Bertz CT molecular complexity index is 416. The second-order valence-electron chi connectivity index (χ2n) is 4.93. The molecule has 1 aromatic carbocycles. The zero-order chi connectivity index (χ0) is 13.1. The molecule has 0 bridgehead atoms. The number of anilines is 1. The minimum atomic E-state index is -0.408. The van der Waals surface area contributed by atoms with E-state index in [-0.39, 0.29) is 17.7 Å². The maximum Gasteiger partial charge on any atom is 0.269 e. The van der Waals surface area contributed by atoms with Crippen molar-refractivity contribution in [2.75, 3.05) is 18.5 Å². The summed E-state index contributed by atoms with van der Waals surface area (Å²) in [6.07, 6.45) is 0. The highest BCUT2D eigenvalue weighted by molar-refractivity contribution is 5.55. The molecular weight excluding hydrogens is 220 g/mol. The number of nitro groups is 1. The summed E-state index contributed by atoms with van der Waals surface area (Å²) >= 11 is 0. The molecule has 0 aromatic heterocycles. The highest BCUT2D eigenvalue weighted by Gasteiger charge is 2.16. The molecule has 17 heavy (non-hydrogen) atoms. The molecule has 0 saturated heterocycles. The highest BCUT2D eigenvalue weighted by atomic mass is 16.6. The zero-order valence-electron chi connectivity index (χ0n) is 10.4. The van der Waals surface area contributed by atoms with Gasteiger partial charge < -0.3 is 10.4 Å². The smallest absolute Gasteiger partial charge is 0.269 e. The molecule has 0 aliphatic carbocycles. The molecular formula is C12H18N2O3. The van der Waals surface area contributed by atoms with Gasteiger partial charge in [-0.3, -0.25) is 10.1 Å². The number of rotatable bonds is 5. The second kappa shape index (κ2) is 5.14. The van der Waals surface area contributed by atoms with Gasteiger partial charge in [0.25, 0.3) is 5.69 Å². The number of hydrogen-bond acceptors (Lipinski definition) is 4. The largest absolute Gasteiger partial charge is 0.396 e. The lowest BCUT2D eigenvalue weighted by atomic mass is 9.95. The quantitative estimate of drug-likeness (QED) is 0.609. The van der Waals surface area contributed by atoms with E-state index in [9.17, 15) is 10.1 Å². The molecule has 0 atom stereocenters. The van der Waals surface area contributed by atoms with Gasteiger partial charge in [-0.15, -0.1) is 0 Å². The molecule has 0 amide bonds. The van der Waals surface area contributed by atoms with Crippen molar-refractivity contribution in [3.05, 3.63) is 33.9 Å². The Morgan fingerprint density at radius 3 is 2.59 bits per heavy atom. The van der Waals surface area contributed by atoms with E-state index >= 15 is 0 Å². The number of aliphatic hydroxyl groups is 1. The standard InChI is InChI=1S/C12H18N2O3/c1-9-6-10(14(16)17)4-5-11(9)13-7-12(2,3)8-15/h4-6,13,15H,7-8H2,1-3H3. The lowest BCUT2D eigenvalue weighted by Crippen LogP contribution is -2.27. The van der Waals surface area contributed by atoms with Gasteiger partial charge in [-0.1, -0.05) is 13.8 Å². The summed E-state index contributed by atoms with van der Waals surface area (Å²) in [5.74, 6) is 0. The number of benzene rings is 1.